The highest BCUT2D eigenvalue weighted by atomic mass is 16.4. The lowest BCUT2D eigenvalue weighted by molar-refractivity contribution is 0.0698. The van der Waals surface area contributed by atoms with Gasteiger partial charge in [0.1, 0.15) is 5.82 Å². The minimum atomic E-state index is -1.07. The first-order valence-electron chi connectivity index (χ1n) is 12.7. The van der Waals surface area contributed by atoms with Crippen molar-refractivity contribution in [2.75, 3.05) is 0 Å². The Balaban J connectivity index is 1.13. The number of rotatable bonds is 7. The number of aromatic nitrogens is 4. The topological polar surface area (TPSA) is 98.0 Å². The molecule has 0 saturated heterocycles. The van der Waals surface area contributed by atoms with Crippen LogP contribution in [0.25, 0.3) is 16.5 Å². The number of hydrogen-bond donors (Lipinski definition) is 1. The van der Waals surface area contributed by atoms with Crippen molar-refractivity contribution in [3.05, 3.63) is 94.2 Å². The predicted molar refractivity (Wildman–Crippen MR) is 137 cm³/mol. The Hall–Kier alpha value is -3.87. The molecule has 7 heteroatoms. The summed E-state index contributed by atoms with van der Waals surface area (Å²) < 4.78 is 1.38. The number of carbonyl (C=O) groups is 1. The Labute approximate surface area is 208 Å². The van der Waals surface area contributed by atoms with Crippen molar-refractivity contribution in [3.8, 4) is 5.69 Å². The van der Waals surface area contributed by atoms with Gasteiger partial charge in [0.25, 0.3) is 5.56 Å². The van der Waals surface area contributed by atoms with Gasteiger partial charge in [-0.15, -0.1) is 0 Å². The third-order valence-corrected chi connectivity index (χ3v) is 7.64. The monoisotopic (exact) mass is 480 g/mol. The van der Waals surface area contributed by atoms with Gasteiger partial charge >= 0.3 is 5.97 Å². The van der Waals surface area contributed by atoms with Crippen LogP contribution < -0.4 is 5.56 Å². The van der Waals surface area contributed by atoms with Crippen LogP contribution in [0.4, 0.5) is 0 Å². The van der Waals surface area contributed by atoms with E-state index in [1.54, 1.807) is 30.5 Å². The summed E-state index contributed by atoms with van der Waals surface area (Å²) in [4.78, 5) is 38.7. The molecule has 36 heavy (non-hydrogen) atoms. The standard InChI is InChI=1S/C29H28N4O3/c34-28-25-4-2-1-3-24(25)26(29(35)36)17-33(28)23-10-9-22(30-16-23)12-18-5-6-19(11-18)13-27-31-14-21(15-32-27)20-7-8-20/h1-4,9-10,14-20H,5-8,11-13H2,(H,35,36)/t18-,19-/m0/s1. The smallest absolute Gasteiger partial charge is 0.337 e. The van der Waals surface area contributed by atoms with Gasteiger partial charge in [0.2, 0.25) is 0 Å². The number of hydrogen-bond acceptors (Lipinski definition) is 5. The van der Waals surface area contributed by atoms with Crippen molar-refractivity contribution in [2.24, 2.45) is 11.8 Å². The van der Waals surface area contributed by atoms with Crippen LogP contribution in [-0.2, 0) is 12.8 Å². The van der Waals surface area contributed by atoms with E-state index in [2.05, 4.69) is 15.0 Å². The van der Waals surface area contributed by atoms with Gasteiger partial charge < -0.3 is 5.11 Å². The Morgan fingerprint density at radius 2 is 1.61 bits per heavy atom. The molecule has 0 bridgehead atoms. The Bertz CT molecular complexity index is 1470. The zero-order chi connectivity index (χ0) is 24.6. The summed E-state index contributed by atoms with van der Waals surface area (Å²) in [7, 11) is 0. The molecule has 2 aliphatic carbocycles. The summed E-state index contributed by atoms with van der Waals surface area (Å²) >= 11 is 0. The number of carboxylic acids is 1. The lowest BCUT2D eigenvalue weighted by Crippen LogP contribution is -2.20. The van der Waals surface area contributed by atoms with Crippen LogP contribution in [-0.4, -0.2) is 30.6 Å². The fourth-order valence-corrected chi connectivity index (χ4v) is 5.53. The van der Waals surface area contributed by atoms with Gasteiger partial charge in [-0.1, -0.05) is 18.2 Å². The molecule has 0 spiro atoms. The molecule has 0 radical (unpaired) electrons. The number of aromatic carboxylic acids is 1. The summed E-state index contributed by atoms with van der Waals surface area (Å²) in [5.41, 5.74) is 2.67. The van der Waals surface area contributed by atoms with Gasteiger partial charge in [0, 0.05) is 41.5 Å². The molecule has 2 saturated carbocycles. The second-order valence-corrected chi connectivity index (χ2v) is 10.2. The van der Waals surface area contributed by atoms with Gasteiger partial charge in [-0.25, -0.2) is 14.8 Å². The SMILES string of the molecule is O=C(O)c1cn(-c2ccc(C[C@H]3CC[C@H](Cc4ncc(C5CC5)cn4)C3)nc2)c(=O)c2ccccc12. The molecular formula is C29H28N4O3. The van der Waals surface area contributed by atoms with Gasteiger partial charge in [-0.3, -0.25) is 14.3 Å². The van der Waals surface area contributed by atoms with E-state index in [9.17, 15) is 14.7 Å². The average molecular weight is 481 g/mol. The molecule has 3 aromatic heterocycles. The fraction of sp³-hybridized carbons (Fsp3) is 0.345. The zero-order valence-corrected chi connectivity index (χ0v) is 20.0. The second-order valence-electron chi connectivity index (χ2n) is 10.2. The van der Waals surface area contributed by atoms with Crippen LogP contribution in [0.15, 0.2) is 66.0 Å². The summed E-state index contributed by atoms with van der Waals surface area (Å²) in [6, 6.07) is 10.6. The maximum absolute atomic E-state index is 13.0. The van der Waals surface area contributed by atoms with Gasteiger partial charge in [0.05, 0.1) is 17.4 Å². The molecule has 1 aromatic carbocycles. The second kappa shape index (κ2) is 9.30. The third-order valence-electron chi connectivity index (χ3n) is 7.64. The molecule has 7 nitrogen and oxygen atoms in total. The largest absolute Gasteiger partial charge is 0.478 e. The van der Waals surface area contributed by atoms with Gasteiger partial charge in [-0.2, -0.15) is 0 Å². The molecule has 2 aliphatic rings. The van der Waals surface area contributed by atoms with E-state index < -0.39 is 5.97 Å². The van der Waals surface area contributed by atoms with Crippen molar-refractivity contribution in [3.63, 3.8) is 0 Å². The highest BCUT2D eigenvalue weighted by Crippen LogP contribution is 2.39. The Morgan fingerprint density at radius 1 is 0.889 bits per heavy atom. The van der Waals surface area contributed by atoms with Crippen LogP contribution in [0.3, 0.4) is 0 Å². The van der Waals surface area contributed by atoms with E-state index in [0.717, 1.165) is 30.8 Å². The number of fused-ring (bicyclic) bond motifs is 1. The van der Waals surface area contributed by atoms with Gasteiger partial charge in [0.15, 0.2) is 0 Å². The third kappa shape index (κ3) is 4.53. The molecule has 4 aromatic rings. The van der Waals surface area contributed by atoms with Crippen LogP contribution in [0.1, 0.15) is 65.5 Å². The van der Waals surface area contributed by atoms with E-state index in [4.69, 9.17) is 0 Å². The first kappa shape index (κ1) is 22.6. The molecule has 0 amide bonds. The lowest BCUT2D eigenvalue weighted by Gasteiger charge is -2.13. The van der Waals surface area contributed by atoms with Crippen LogP contribution >= 0.6 is 0 Å². The summed E-state index contributed by atoms with van der Waals surface area (Å²) in [6.07, 6.45) is 14.9. The molecule has 182 valence electrons. The minimum absolute atomic E-state index is 0.0948. The Morgan fingerprint density at radius 3 is 2.28 bits per heavy atom. The highest BCUT2D eigenvalue weighted by Gasteiger charge is 2.27. The van der Waals surface area contributed by atoms with Crippen LogP contribution in [0.5, 0.6) is 0 Å². The molecule has 0 unspecified atom stereocenters. The van der Waals surface area contributed by atoms with E-state index in [-0.39, 0.29) is 11.1 Å². The average Bonchev–Trinajstić information content (AvgIpc) is 3.66. The summed E-state index contributed by atoms with van der Waals surface area (Å²) in [5.74, 6) is 1.75. The minimum Gasteiger partial charge on any atom is -0.478 e. The molecular weight excluding hydrogens is 452 g/mol. The van der Waals surface area contributed by atoms with E-state index >= 15 is 0 Å². The highest BCUT2D eigenvalue weighted by molar-refractivity contribution is 6.03. The first-order valence-corrected chi connectivity index (χ1v) is 12.7. The molecule has 0 aliphatic heterocycles. The fourth-order valence-electron chi connectivity index (χ4n) is 5.53. The van der Waals surface area contributed by atoms with Crippen LogP contribution in [0.2, 0.25) is 0 Å². The first-order chi connectivity index (χ1) is 17.5. The quantitative estimate of drug-likeness (QED) is 0.402. The molecule has 6 rings (SSSR count). The zero-order valence-electron chi connectivity index (χ0n) is 20.0. The van der Waals surface area contributed by atoms with Crippen molar-refractivity contribution in [1.82, 2.24) is 19.5 Å². The van der Waals surface area contributed by atoms with Crippen molar-refractivity contribution in [2.45, 2.75) is 50.9 Å². The number of carboxylic acid groups (broad SMARTS) is 1. The summed E-state index contributed by atoms with van der Waals surface area (Å²) in [6.45, 7) is 0. The predicted octanol–water partition coefficient (Wildman–Crippen LogP) is 4.95. The Kier molecular flexibility index (Phi) is 5.83. The van der Waals surface area contributed by atoms with Crippen molar-refractivity contribution >= 4 is 16.7 Å². The maximum Gasteiger partial charge on any atom is 0.337 e. The molecule has 3 heterocycles. The van der Waals surface area contributed by atoms with Crippen molar-refractivity contribution in [1.29, 1.82) is 0 Å². The number of pyridine rings is 2. The maximum atomic E-state index is 13.0. The van der Waals surface area contributed by atoms with E-state index in [1.165, 1.54) is 42.0 Å². The van der Waals surface area contributed by atoms with Crippen LogP contribution in [0, 0.1) is 11.8 Å². The summed E-state index contributed by atoms with van der Waals surface area (Å²) in [5, 5.41) is 10.5. The lowest BCUT2D eigenvalue weighted by atomic mass is 9.97. The van der Waals surface area contributed by atoms with E-state index in [1.807, 2.05) is 24.5 Å². The number of nitrogens with zero attached hydrogens (tertiary/aromatic N) is 4. The molecule has 2 fully saturated rings. The van der Waals surface area contributed by atoms with Crippen molar-refractivity contribution < 1.29 is 9.90 Å². The normalized spacial score (nSPS) is 19.6. The molecule has 1 N–H and O–H groups in total. The number of benzene rings is 1. The van der Waals surface area contributed by atoms with Gasteiger partial charge in [-0.05, 0) is 80.0 Å². The molecule has 2 atom stereocenters. The van der Waals surface area contributed by atoms with E-state index in [0.29, 0.717) is 34.2 Å².